The first-order valence-electron chi connectivity index (χ1n) is 8.05. The number of amides is 1. The molecule has 0 heterocycles. The smallest absolute Gasteiger partial charge is 0.258 e. The first kappa shape index (κ1) is 17.1. The molecule has 1 atom stereocenters. The van der Waals surface area contributed by atoms with Crippen LogP contribution in [0.3, 0.4) is 0 Å². The van der Waals surface area contributed by atoms with Crippen molar-refractivity contribution in [3.63, 3.8) is 0 Å². The van der Waals surface area contributed by atoms with Crippen molar-refractivity contribution in [1.29, 1.82) is 0 Å². The number of aryl methyl sites for hydroxylation is 1. The van der Waals surface area contributed by atoms with Gasteiger partial charge in [0.25, 0.3) is 5.91 Å². The lowest BCUT2D eigenvalue weighted by Crippen LogP contribution is -2.31. The summed E-state index contributed by atoms with van der Waals surface area (Å²) in [5.74, 6) is 1.10. The number of hydrogen-bond acceptors (Lipinski definition) is 2. The number of carbonyl (C=O) groups excluding carboxylic acids is 1. The molecule has 3 nitrogen and oxygen atoms in total. The van der Waals surface area contributed by atoms with Crippen molar-refractivity contribution >= 4 is 5.91 Å². The van der Waals surface area contributed by atoms with Gasteiger partial charge in [-0.1, -0.05) is 56.3 Å². The lowest BCUT2D eigenvalue weighted by Gasteiger charge is -2.16. The zero-order valence-corrected chi connectivity index (χ0v) is 14.3. The Morgan fingerprint density at radius 3 is 2.39 bits per heavy atom. The Morgan fingerprint density at radius 2 is 1.74 bits per heavy atom. The van der Waals surface area contributed by atoms with Gasteiger partial charge in [0.05, 0.1) is 6.04 Å². The summed E-state index contributed by atoms with van der Waals surface area (Å²) in [4.78, 5) is 12.1. The largest absolute Gasteiger partial charge is 0.483 e. The molecular formula is C20H25NO2. The highest BCUT2D eigenvalue weighted by molar-refractivity contribution is 5.78. The zero-order chi connectivity index (χ0) is 16.8. The number of ether oxygens (including phenoxy) is 1. The van der Waals surface area contributed by atoms with Gasteiger partial charge in [-0.25, -0.2) is 0 Å². The highest BCUT2D eigenvalue weighted by atomic mass is 16.5. The van der Waals surface area contributed by atoms with Crippen LogP contribution in [0.4, 0.5) is 0 Å². The van der Waals surface area contributed by atoms with Crippen molar-refractivity contribution in [2.24, 2.45) is 0 Å². The average Bonchev–Trinajstić information content (AvgIpc) is 2.54. The van der Waals surface area contributed by atoms with Crippen molar-refractivity contribution in [2.45, 2.75) is 39.7 Å². The van der Waals surface area contributed by atoms with Crippen molar-refractivity contribution in [3.8, 4) is 5.75 Å². The van der Waals surface area contributed by atoms with Crippen LogP contribution in [0, 0.1) is 6.92 Å². The third kappa shape index (κ3) is 4.85. The van der Waals surface area contributed by atoms with E-state index >= 15 is 0 Å². The standard InChI is InChI=1S/C20H25NO2/c1-14(2)18-11-10-15(3)19(12-18)23-13-20(22)21-16(4)17-8-6-5-7-9-17/h5-12,14,16H,13H2,1-4H3,(H,21,22)/t16-/m0/s1. The van der Waals surface area contributed by atoms with E-state index in [0.717, 1.165) is 16.9 Å². The lowest BCUT2D eigenvalue weighted by molar-refractivity contribution is -0.123. The molecule has 3 heteroatoms. The molecule has 1 amide bonds. The summed E-state index contributed by atoms with van der Waals surface area (Å²) in [5.41, 5.74) is 3.33. The van der Waals surface area contributed by atoms with E-state index in [2.05, 4.69) is 25.2 Å². The van der Waals surface area contributed by atoms with E-state index in [-0.39, 0.29) is 18.6 Å². The first-order chi connectivity index (χ1) is 11.0. The summed E-state index contributed by atoms with van der Waals surface area (Å²) < 4.78 is 5.71. The molecule has 0 aromatic heterocycles. The Balaban J connectivity index is 1.93. The van der Waals surface area contributed by atoms with E-state index in [1.165, 1.54) is 5.56 Å². The monoisotopic (exact) mass is 311 g/mol. The van der Waals surface area contributed by atoms with Gasteiger partial charge in [0.1, 0.15) is 5.75 Å². The Morgan fingerprint density at radius 1 is 1.04 bits per heavy atom. The molecule has 1 N–H and O–H groups in total. The molecule has 2 aromatic carbocycles. The highest BCUT2D eigenvalue weighted by Crippen LogP contribution is 2.24. The first-order valence-corrected chi connectivity index (χ1v) is 8.05. The number of benzene rings is 2. The Kier molecular flexibility index (Phi) is 5.80. The molecule has 0 fully saturated rings. The SMILES string of the molecule is Cc1ccc(C(C)C)cc1OCC(=O)N[C@@H](C)c1ccccc1. The molecular weight excluding hydrogens is 286 g/mol. The summed E-state index contributed by atoms with van der Waals surface area (Å²) in [7, 11) is 0. The molecule has 0 aliphatic heterocycles. The molecule has 0 saturated carbocycles. The van der Waals surface area contributed by atoms with E-state index in [0.29, 0.717) is 5.92 Å². The third-order valence-corrected chi connectivity index (χ3v) is 3.91. The van der Waals surface area contributed by atoms with Crippen LogP contribution in [0.25, 0.3) is 0 Å². The van der Waals surface area contributed by atoms with E-state index in [4.69, 9.17) is 4.74 Å². The summed E-state index contributed by atoms with van der Waals surface area (Å²) in [6.45, 7) is 8.27. The molecule has 0 aliphatic rings. The second-order valence-electron chi connectivity index (χ2n) is 6.17. The van der Waals surface area contributed by atoms with Crippen molar-refractivity contribution in [1.82, 2.24) is 5.32 Å². The molecule has 2 aromatic rings. The number of nitrogens with one attached hydrogen (secondary N) is 1. The van der Waals surface area contributed by atoms with Crippen LogP contribution in [0.1, 0.15) is 49.4 Å². The van der Waals surface area contributed by atoms with Crippen LogP contribution in [0.5, 0.6) is 5.75 Å². The van der Waals surface area contributed by atoms with Gasteiger partial charge in [-0.05, 0) is 42.5 Å². The molecule has 2 rings (SSSR count). The predicted molar refractivity (Wildman–Crippen MR) is 93.8 cm³/mol. The van der Waals surface area contributed by atoms with Gasteiger partial charge in [-0.3, -0.25) is 4.79 Å². The van der Waals surface area contributed by atoms with Gasteiger partial charge >= 0.3 is 0 Å². The summed E-state index contributed by atoms with van der Waals surface area (Å²) in [5, 5.41) is 2.96. The molecule has 0 radical (unpaired) electrons. The van der Waals surface area contributed by atoms with Crippen LogP contribution in [0.2, 0.25) is 0 Å². The second-order valence-corrected chi connectivity index (χ2v) is 6.17. The van der Waals surface area contributed by atoms with Gasteiger partial charge in [-0.15, -0.1) is 0 Å². The van der Waals surface area contributed by atoms with Gasteiger partial charge in [0.2, 0.25) is 0 Å². The lowest BCUT2D eigenvalue weighted by atomic mass is 10.0. The molecule has 23 heavy (non-hydrogen) atoms. The summed E-state index contributed by atoms with van der Waals surface area (Å²) >= 11 is 0. The highest BCUT2D eigenvalue weighted by Gasteiger charge is 2.11. The minimum Gasteiger partial charge on any atom is -0.483 e. The number of rotatable bonds is 6. The van der Waals surface area contributed by atoms with E-state index in [9.17, 15) is 4.79 Å². The third-order valence-electron chi connectivity index (χ3n) is 3.91. The molecule has 0 bridgehead atoms. The van der Waals surface area contributed by atoms with Crippen molar-refractivity contribution in [2.75, 3.05) is 6.61 Å². The Labute approximate surface area is 138 Å². The fourth-order valence-electron chi connectivity index (χ4n) is 2.38. The second kappa shape index (κ2) is 7.82. The van der Waals surface area contributed by atoms with Crippen molar-refractivity contribution < 1.29 is 9.53 Å². The minimum atomic E-state index is -0.115. The van der Waals surface area contributed by atoms with Crippen LogP contribution in [0.15, 0.2) is 48.5 Å². The fraction of sp³-hybridized carbons (Fsp3) is 0.350. The summed E-state index contributed by atoms with van der Waals surface area (Å²) in [6.07, 6.45) is 0. The molecule has 0 unspecified atom stereocenters. The average molecular weight is 311 g/mol. The van der Waals surface area contributed by atoms with E-state index < -0.39 is 0 Å². The Hall–Kier alpha value is -2.29. The number of carbonyl (C=O) groups is 1. The topological polar surface area (TPSA) is 38.3 Å². The summed E-state index contributed by atoms with van der Waals surface area (Å²) in [6, 6.07) is 16.0. The maximum absolute atomic E-state index is 12.1. The molecule has 0 spiro atoms. The fourth-order valence-corrected chi connectivity index (χ4v) is 2.38. The predicted octanol–water partition coefficient (Wildman–Crippen LogP) is 4.37. The maximum Gasteiger partial charge on any atom is 0.258 e. The van der Waals surface area contributed by atoms with Crippen LogP contribution < -0.4 is 10.1 Å². The van der Waals surface area contributed by atoms with Gasteiger partial charge < -0.3 is 10.1 Å². The maximum atomic E-state index is 12.1. The Bertz CT molecular complexity index is 650. The normalized spacial score (nSPS) is 12.0. The quantitative estimate of drug-likeness (QED) is 0.860. The molecule has 0 saturated heterocycles. The van der Waals surface area contributed by atoms with Gasteiger partial charge in [-0.2, -0.15) is 0 Å². The molecule has 0 aliphatic carbocycles. The minimum absolute atomic E-state index is 0.0273. The van der Waals surface area contributed by atoms with Crippen LogP contribution in [-0.2, 0) is 4.79 Å². The molecule has 122 valence electrons. The van der Waals surface area contributed by atoms with E-state index in [1.807, 2.05) is 56.3 Å². The van der Waals surface area contributed by atoms with Crippen LogP contribution >= 0.6 is 0 Å². The zero-order valence-electron chi connectivity index (χ0n) is 14.3. The van der Waals surface area contributed by atoms with Crippen LogP contribution in [-0.4, -0.2) is 12.5 Å². The van der Waals surface area contributed by atoms with Crippen molar-refractivity contribution in [3.05, 3.63) is 65.2 Å². The number of hydrogen-bond donors (Lipinski definition) is 1. The van der Waals surface area contributed by atoms with Gasteiger partial charge in [0.15, 0.2) is 6.61 Å². The van der Waals surface area contributed by atoms with Gasteiger partial charge in [0, 0.05) is 0 Å². The van der Waals surface area contributed by atoms with E-state index in [1.54, 1.807) is 0 Å².